The molecule has 2 aromatic carbocycles. The van der Waals surface area contributed by atoms with Crippen LogP contribution in [0.3, 0.4) is 0 Å². The minimum atomic E-state index is -0.332. The maximum atomic E-state index is 12.3. The van der Waals surface area contributed by atoms with Crippen molar-refractivity contribution >= 4 is 57.1 Å². The summed E-state index contributed by atoms with van der Waals surface area (Å²) in [7, 11) is 1.62. The highest BCUT2D eigenvalue weighted by atomic mass is 35.5. The number of hydrogen-bond donors (Lipinski definition) is 2. The van der Waals surface area contributed by atoms with Crippen LogP contribution in [0.25, 0.3) is 0 Å². The van der Waals surface area contributed by atoms with Gasteiger partial charge >= 0.3 is 0 Å². The molecule has 0 saturated heterocycles. The molecule has 27 heavy (non-hydrogen) atoms. The van der Waals surface area contributed by atoms with Crippen LogP contribution < -0.4 is 15.4 Å². The van der Waals surface area contributed by atoms with Gasteiger partial charge in [0.1, 0.15) is 5.75 Å². The summed E-state index contributed by atoms with van der Waals surface area (Å²) in [6.07, 6.45) is 0. The number of anilines is 3. The van der Waals surface area contributed by atoms with Crippen molar-refractivity contribution in [2.75, 3.05) is 17.7 Å². The summed E-state index contributed by atoms with van der Waals surface area (Å²) < 4.78 is 5.91. The number of nitrogens with one attached hydrogen (secondary N) is 2. The van der Waals surface area contributed by atoms with E-state index in [9.17, 15) is 4.79 Å². The lowest BCUT2D eigenvalue weighted by Crippen LogP contribution is -2.22. The Labute approximate surface area is 170 Å². The molecule has 0 bridgehead atoms. The van der Waals surface area contributed by atoms with Gasteiger partial charge in [-0.25, -0.2) is 0 Å². The smallest absolute Gasteiger partial charge is 0.237 e. The maximum absolute atomic E-state index is 12.3. The Morgan fingerprint density at radius 2 is 1.96 bits per heavy atom. The van der Waals surface area contributed by atoms with Crippen molar-refractivity contribution in [2.24, 2.45) is 0 Å². The summed E-state index contributed by atoms with van der Waals surface area (Å²) in [5, 5.41) is 15.2. The molecule has 0 saturated carbocycles. The molecule has 9 heteroatoms. The summed E-state index contributed by atoms with van der Waals surface area (Å²) in [6, 6.07) is 14.6. The highest BCUT2D eigenvalue weighted by Gasteiger charge is 2.17. The van der Waals surface area contributed by atoms with Gasteiger partial charge in [-0.15, -0.1) is 10.2 Å². The molecule has 140 valence electrons. The van der Waals surface area contributed by atoms with E-state index in [-0.39, 0.29) is 11.2 Å². The van der Waals surface area contributed by atoms with E-state index in [4.69, 9.17) is 16.3 Å². The lowest BCUT2D eigenvalue weighted by atomic mass is 10.3. The van der Waals surface area contributed by atoms with E-state index in [0.717, 1.165) is 11.4 Å². The number of thioether (sulfide) groups is 1. The van der Waals surface area contributed by atoms with E-state index >= 15 is 0 Å². The number of halogens is 1. The fraction of sp³-hybridized carbons (Fsp3) is 0.167. The molecule has 1 atom stereocenters. The number of ether oxygens (including phenoxy) is 1. The topological polar surface area (TPSA) is 76.1 Å². The van der Waals surface area contributed by atoms with Crippen LogP contribution >= 0.6 is 34.7 Å². The molecular formula is C18H17ClN4O2S2. The van der Waals surface area contributed by atoms with Crippen molar-refractivity contribution in [3.63, 3.8) is 0 Å². The van der Waals surface area contributed by atoms with E-state index in [1.165, 1.54) is 23.1 Å². The SMILES string of the molecule is COc1cccc(Nc2nnc(SC(C)C(=O)Nc3cccc(Cl)c3)s2)c1. The summed E-state index contributed by atoms with van der Waals surface area (Å²) in [5.74, 6) is 0.630. The Balaban J connectivity index is 1.58. The third kappa shape index (κ3) is 5.59. The van der Waals surface area contributed by atoms with E-state index < -0.39 is 0 Å². The summed E-state index contributed by atoms with van der Waals surface area (Å²) >= 11 is 8.67. The normalized spacial score (nSPS) is 11.7. The number of carbonyl (C=O) groups excluding carboxylic acids is 1. The summed E-state index contributed by atoms with van der Waals surface area (Å²) in [5.41, 5.74) is 1.52. The molecule has 0 fully saturated rings. The second kappa shape index (κ2) is 9.07. The maximum Gasteiger partial charge on any atom is 0.237 e. The lowest BCUT2D eigenvalue weighted by Gasteiger charge is -2.10. The van der Waals surface area contributed by atoms with Crippen molar-refractivity contribution in [3.05, 3.63) is 53.6 Å². The van der Waals surface area contributed by atoms with Crippen molar-refractivity contribution < 1.29 is 9.53 Å². The van der Waals surface area contributed by atoms with Crippen LogP contribution in [0, 0.1) is 0 Å². The first kappa shape index (κ1) is 19.5. The van der Waals surface area contributed by atoms with Gasteiger partial charge < -0.3 is 15.4 Å². The van der Waals surface area contributed by atoms with Crippen LogP contribution in [-0.2, 0) is 4.79 Å². The highest BCUT2D eigenvalue weighted by Crippen LogP contribution is 2.31. The third-order valence-electron chi connectivity index (χ3n) is 3.47. The minimum absolute atomic E-state index is 0.125. The zero-order valence-corrected chi connectivity index (χ0v) is 17.0. The van der Waals surface area contributed by atoms with Crippen LogP contribution in [0.2, 0.25) is 5.02 Å². The number of nitrogens with zero attached hydrogens (tertiary/aromatic N) is 2. The van der Waals surface area contributed by atoms with Crippen LogP contribution in [0.1, 0.15) is 6.92 Å². The molecule has 0 spiro atoms. The number of hydrogen-bond acceptors (Lipinski definition) is 7. The first-order valence-corrected chi connectivity index (χ1v) is 10.1. The van der Waals surface area contributed by atoms with Gasteiger partial charge in [0.05, 0.1) is 12.4 Å². The molecule has 2 N–H and O–H groups in total. The van der Waals surface area contributed by atoms with Gasteiger partial charge in [0.25, 0.3) is 0 Å². The zero-order chi connectivity index (χ0) is 19.2. The number of benzene rings is 2. The number of methoxy groups -OCH3 is 1. The van der Waals surface area contributed by atoms with Crippen LogP contribution in [-0.4, -0.2) is 28.5 Å². The largest absolute Gasteiger partial charge is 0.497 e. The summed E-state index contributed by atoms with van der Waals surface area (Å²) in [4.78, 5) is 12.3. The number of amides is 1. The molecule has 6 nitrogen and oxygen atoms in total. The Kier molecular flexibility index (Phi) is 6.54. The molecule has 1 unspecified atom stereocenters. The molecule has 0 aliphatic rings. The average Bonchev–Trinajstić information content (AvgIpc) is 3.08. The van der Waals surface area contributed by atoms with Crippen molar-refractivity contribution in [3.8, 4) is 5.75 Å². The Bertz CT molecular complexity index is 935. The second-order valence-corrected chi connectivity index (χ2v) is 8.49. The highest BCUT2D eigenvalue weighted by molar-refractivity contribution is 8.02. The summed E-state index contributed by atoms with van der Waals surface area (Å²) in [6.45, 7) is 1.82. The van der Waals surface area contributed by atoms with Crippen molar-refractivity contribution in [2.45, 2.75) is 16.5 Å². The second-order valence-electron chi connectivity index (χ2n) is 5.49. The van der Waals surface area contributed by atoms with Crippen molar-refractivity contribution in [1.29, 1.82) is 0 Å². The quantitative estimate of drug-likeness (QED) is 0.520. The van der Waals surface area contributed by atoms with E-state index in [0.29, 0.717) is 20.2 Å². The molecule has 1 heterocycles. The Morgan fingerprint density at radius 3 is 2.74 bits per heavy atom. The van der Waals surface area contributed by atoms with Gasteiger partial charge in [-0.05, 0) is 37.3 Å². The molecule has 1 amide bonds. The first-order valence-electron chi connectivity index (χ1n) is 8.01. The zero-order valence-electron chi connectivity index (χ0n) is 14.6. The van der Waals surface area contributed by atoms with Gasteiger partial charge in [0, 0.05) is 22.5 Å². The van der Waals surface area contributed by atoms with Crippen LogP contribution in [0.5, 0.6) is 5.75 Å². The molecule has 3 aromatic rings. The fourth-order valence-electron chi connectivity index (χ4n) is 2.15. The average molecular weight is 421 g/mol. The molecular weight excluding hydrogens is 404 g/mol. The van der Waals surface area contributed by atoms with Crippen molar-refractivity contribution in [1.82, 2.24) is 10.2 Å². The van der Waals surface area contributed by atoms with E-state index in [1.54, 1.807) is 31.4 Å². The number of carbonyl (C=O) groups is 1. The van der Waals surface area contributed by atoms with Gasteiger partial charge in [0.15, 0.2) is 4.34 Å². The Morgan fingerprint density at radius 1 is 1.19 bits per heavy atom. The first-order chi connectivity index (χ1) is 13.0. The standard InChI is InChI=1S/C18H17ClN4O2S2/c1-11(16(24)20-13-6-3-5-12(19)9-13)26-18-23-22-17(27-18)21-14-7-4-8-15(10-14)25-2/h3-11H,1-2H3,(H,20,24)(H,21,22). The van der Waals surface area contributed by atoms with Crippen LogP contribution in [0.15, 0.2) is 52.9 Å². The van der Waals surface area contributed by atoms with E-state index in [1.807, 2.05) is 31.2 Å². The molecule has 0 radical (unpaired) electrons. The van der Waals surface area contributed by atoms with Gasteiger partial charge in [0.2, 0.25) is 11.0 Å². The van der Waals surface area contributed by atoms with Gasteiger partial charge in [-0.3, -0.25) is 4.79 Å². The Hall–Kier alpha value is -2.29. The monoisotopic (exact) mass is 420 g/mol. The van der Waals surface area contributed by atoms with Gasteiger partial charge in [-0.2, -0.15) is 0 Å². The predicted molar refractivity (Wildman–Crippen MR) is 112 cm³/mol. The number of aromatic nitrogens is 2. The predicted octanol–water partition coefficient (Wildman–Crippen LogP) is 5.06. The lowest BCUT2D eigenvalue weighted by molar-refractivity contribution is -0.115. The molecule has 3 rings (SSSR count). The molecule has 1 aromatic heterocycles. The van der Waals surface area contributed by atoms with Crippen LogP contribution in [0.4, 0.5) is 16.5 Å². The molecule has 0 aliphatic carbocycles. The third-order valence-corrected chi connectivity index (χ3v) is 5.72. The van der Waals surface area contributed by atoms with E-state index in [2.05, 4.69) is 20.8 Å². The minimum Gasteiger partial charge on any atom is -0.497 e. The van der Waals surface area contributed by atoms with Gasteiger partial charge in [-0.1, -0.05) is 46.8 Å². The fourth-order valence-corrected chi connectivity index (χ4v) is 4.25. The number of rotatable bonds is 7. The molecule has 0 aliphatic heterocycles.